The van der Waals surface area contributed by atoms with Crippen LogP contribution in [0, 0.1) is 21.4 Å². The topological polar surface area (TPSA) is 135 Å². The number of anilines is 1. The van der Waals surface area contributed by atoms with E-state index >= 15 is 0 Å². The number of benzene rings is 2. The van der Waals surface area contributed by atoms with E-state index in [0.29, 0.717) is 22.7 Å². The first-order valence-corrected chi connectivity index (χ1v) is 10.1. The van der Waals surface area contributed by atoms with Crippen LogP contribution in [-0.4, -0.2) is 25.9 Å². The highest BCUT2D eigenvalue weighted by molar-refractivity contribution is 5.89. The van der Waals surface area contributed by atoms with Gasteiger partial charge in [-0.25, -0.2) is 15.1 Å². The van der Waals surface area contributed by atoms with Crippen molar-refractivity contribution in [2.24, 2.45) is 5.10 Å². The van der Waals surface area contributed by atoms with Crippen molar-refractivity contribution in [2.75, 3.05) is 5.43 Å². The molecule has 0 amide bonds. The van der Waals surface area contributed by atoms with Crippen molar-refractivity contribution >= 4 is 17.8 Å². The summed E-state index contributed by atoms with van der Waals surface area (Å²) in [5.74, 6) is 0.587. The second-order valence-corrected chi connectivity index (χ2v) is 7.39. The second kappa shape index (κ2) is 9.15. The predicted molar refractivity (Wildman–Crippen MR) is 122 cm³/mol. The molecule has 2 aromatic carbocycles. The molecule has 0 fully saturated rings. The molecule has 0 atom stereocenters. The van der Waals surface area contributed by atoms with Gasteiger partial charge in [0.05, 0.1) is 16.8 Å². The van der Waals surface area contributed by atoms with Crippen LogP contribution in [0.5, 0.6) is 0 Å². The fourth-order valence-electron chi connectivity index (χ4n) is 3.08. The molecular weight excluding hydrogens is 422 g/mol. The van der Waals surface area contributed by atoms with E-state index in [0.717, 1.165) is 5.69 Å². The lowest BCUT2D eigenvalue weighted by molar-refractivity contribution is -0.384. The Bertz CT molecular complexity index is 1360. The lowest BCUT2D eigenvalue weighted by atomic mass is 10.1. The SMILES string of the molecule is CC(C)c1nc(C#N)c(NN=Cc2cn(-c3ccccc3)nc2-c2cccc([N+](=O)[O-])c2)o1. The molecule has 0 radical (unpaired) electrons. The minimum Gasteiger partial charge on any atom is -0.422 e. The molecule has 10 heteroatoms. The van der Waals surface area contributed by atoms with Crippen LogP contribution in [0.2, 0.25) is 0 Å². The van der Waals surface area contributed by atoms with Crippen molar-refractivity contribution in [1.29, 1.82) is 5.26 Å². The molecule has 4 rings (SSSR count). The van der Waals surface area contributed by atoms with Gasteiger partial charge in [-0.05, 0) is 12.1 Å². The van der Waals surface area contributed by atoms with E-state index in [2.05, 4.69) is 20.6 Å². The minimum atomic E-state index is -0.452. The van der Waals surface area contributed by atoms with Gasteiger partial charge in [-0.15, -0.1) is 0 Å². The third-order valence-electron chi connectivity index (χ3n) is 4.71. The minimum absolute atomic E-state index is 0.0150. The molecule has 0 saturated carbocycles. The monoisotopic (exact) mass is 441 g/mol. The highest BCUT2D eigenvalue weighted by Crippen LogP contribution is 2.26. The number of para-hydroxylation sites is 1. The lowest BCUT2D eigenvalue weighted by Crippen LogP contribution is -1.94. The predicted octanol–water partition coefficient (Wildman–Crippen LogP) is 4.88. The highest BCUT2D eigenvalue weighted by atomic mass is 16.6. The summed E-state index contributed by atoms with van der Waals surface area (Å²) < 4.78 is 7.25. The number of hydrogen-bond acceptors (Lipinski definition) is 8. The molecule has 10 nitrogen and oxygen atoms in total. The zero-order valence-electron chi connectivity index (χ0n) is 17.8. The fourth-order valence-corrected chi connectivity index (χ4v) is 3.08. The number of hydrogen-bond donors (Lipinski definition) is 1. The number of non-ortho nitro benzene ring substituents is 1. The molecule has 0 aliphatic heterocycles. The van der Waals surface area contributed by atoms with E-state index in [1.807, 2.05) is 50.2 Å². The normalized spacial score (nSPS) is 11.1. The second-order valence-electron chi connectivity index (χ2n) is 7.39. The van der Waals surface area contributed by atoms with Gasteiger partial charge in [-0.3, -0.25) is 10.1 Å². The zero-order valence-corrected chi connectivity index (χ0v) is 17.8. The first kappa shape index (κ1) is 21.5. The van der Waals surface area contributed by atoms with Crippen LogP contribution in [0.15, 0.2) is 70.3 Å². The molecule has 1 N–H and O–H groups in total. The molecule has 0 saturated heterocycles. The van der Waals surface area contributed by atoms with Crippen LogP contribution in [0.25, 0.3) is 16.9 Å². The van der Waals surface area contributed by atoms with Gasteiger partial charge in [0.15, 0.2) is 0 Å². The zero-order chi connectivity index (χ0) is 23.4. The number of rotatable bonds is 7. The number of nitro groups is 1. The fraction of sp³-hybridized carbons (Fsp3) is 0.130. The van der Waals surface area contributed by atoms with Crippen molar-refractivity contribution in [3.8, 4) is 23.0 Å². The number of nitro benzene ring substituents is 1. The van der Waals surface area contributed by atoms with Crippen LogP contribution in [0.1, 0.15) is 36.9 Å². The van der Waals surface area contributed by atoms with Gasteiger partial charge in [0, 0.05) is 35.4 Å². The first-order valence-electron chi connectivity index (χ1n) is 10.1. The van der Waals surface area contributed by atoms with E-state index in [-0.39, 0.29) is 23.2 Å². The molecule has 33 heavy (non-hydrogen) atoms. The summed E-state index contributed by atoms with van der Waals surface area (Å²) in [6, 6.07) is 17.7. The number of nitrogens with zero attached hydrogens (tertiary/aromatic N) is 6. The van der Waals surface area contributed by atoms with E-state index in [9.17, 15) is 15.4 Å². The molecule has 0 unspecified atom stereocenters. The van der Waals surface area contributed by atoms with Crippen LogP contribution in [0.4, 0.5) is 11.6 Å². The Labute approximate surface area is 189 Å². The number of hydrazone groups is 1. The van der Waals surface area contributed by atoms with Gasteiger partial charge in [-0.1, -0.05) is 44.2 Å². The van der Waals surface area contributed by atoms with Crippen LogP contribution in [-0.2, 0) is 0 Å². The summed E-state index contributed by atoms with van der Waals surface area (Å²) in [6.45, 7) is 3.81. The number of nitrogens with one attached hydrogen (secondary N) is 1. The van der Waals surface area contributed by atoms with Crippen molar-refractivity contribution in [3.63, 3.8) is 0 Å². The van der Waals surface area contributed by atoms with Gasteiger partial charge in [-0.2, -0.15) is 15.5 Å². The Morgan fingerprint density at radius 2 is 2.03 bits per heavy atom. The standard InChI is InChI=1S/C23H19N7O3/c1-15(2)22-26-20(12-24)23(33-22)27-25-13-17-14-29(18-8-4-3-5-9-18)28-21(17)16-7-6-10-19(11-16)30(31)32/h3-11,13-15,27H,1-2H3. The van der Waals surface area contributed by atoms with Gasteiger partial charge in [0.25, 0.3) is 11.6 Å². The summed E-state index contributed by atoms with van der Waals surface area (Å²) in [7, 11) is 0. The van der Waals surface area contributed by atoms with Crippen LogP contribution >= 0.6 is 0 Å². The van der Waals surface area contributed by atoms with Crippen LogP contribution in [0.3, 0.4) is 0 Å². The Balaban J connectivity index is 1.71. The average molecular weight is 441 g/mol. The number of oxazole rings is 1. The molecule has 0 bridgehead atoms. The Morgan fingerprint density at radius 3 is 2.73 bits per heavy atom. The van der Waals surface area contributed by atoms with Crippen molar-refractivity contribution in [3.05, 3.63) is 88.1 Å². The van der Waals surface area contributed by atoms with Gasteiger partial charge in [0.1, 0.15) is 11.8 Å². The third kappa shape index (κ3) is 4.62. The summed E-state index contributed by atoms with van der Waals surface area (Å²) in [4.78, 5) is 14.9. The van der Waals surface area contributed by atoms with Gasteiger partial charge >= 0.3 is 0 Å². The average Bonchev–Trinajstić information content (AvgIpc) is 3.44. The summed E-state index contributed by atoms with van der Waals surface area (Å²) in [5.41, 5.74) is 5.29. The van der Waals surface area contributed by atoms with E-state index in [1.165, 1.54) is 18.3 Å². The molecule has 4 aromatic rings. The van der Waals surface area contributed by atoms with Gasteiger partial charge in [0.2, 0.25) is 11.6 Å². The van der Waals surface area contributed by atoms with E-state index in [4.69, 9.17) is 4.42 Å². The summed E-state index contributed by atoms with van der Waals surface area (Å²) in [5, 5.41) is 29.3. The molecule has 0 aliphatic carbocycles. The smallest absolute Gasteiger partial charge is 0.270 e. The first-order chi connectivity index (χ1) is 16.0. The van der Waals surface area contributed by atoms with E-state index < -0.39 is 4.92 Å². The molecule has 0 spiro atoms. The maximum atomic E-state index is 11.2. The summed E-state index contributed by atoms with van der Waals surface area (Å²) in [6.07, 6.45) is 3.28. The molecule has 2 heterocycles. The van der Waals surface area contributed by atoms with Gasteiger partial charge < -0.3 is 4.42 Å². The maximum absolute atomic E-state index is 11.2. The quantitative estimate of drug-likeness (QED) is 0.245. The largest absolute Gasteiger partial charge is 0.422 e. The Kier molecular flexibility index (Phi) is 5.95. The van der Waals surface area contributed by atoms with Crippen molar-refractivity contribution in [1.82, 2.24) is 14.8 Å². The Morgan fingerprint density at radius 1 is 1.24 bits per heavy atom. The molecule has 0 aliphatic rings. The van der Waals surface area contributed by atoms with Crippen molar-refractivity contribution < 1.29 is 9.34 Å². The molecular formula is C23H19N7O3. The van der Waals surface area contributed by atoms with Crippen molar-refractivity contribution in [2.45, 2.75) is 19.8 Å². The summed E-state index contributed by atoms with van der Waals surface area (Å²) >= 11 is 0. The number of nitriles is 1. The van der Waals surface area contributed by atoms with Crippen LogP contribution < -0.4 is 5.43 Å². The number of aromatic nitrogens is 3. The molecule has 2 aromatic heterocycles. The molecule has 164 valence electrons. The third-order valence-corrected chi connectivity index (χ3v) is 4.71. The van der Waals surface area contributed by atoms with E-state index in [1.54, 1.807) is 23.0 Å². The highest BCUT2D eigenvalue weighted by Gasteiger charge is 2.16. The lowest BCUT2D eigenvalue weighted by Gasteiger charge is -2.01. The Hall–Kier alpha value is -4.78. The maximum Gasteiger partial charge on any atom is 0.270 e.